The van der Waals surface area contributed by atoms with E-state index in [0.29, 0.717) is 0 Å². The van der Waals surface area contributed by atoms with Gasteiger partial charge in [0.05, 0.1) is 0 Å². The minimum Gasteiger partial charge on any atom is -0.377 e. The van der Waals surface area contributed by atoms with Crippen LogP contribution >= 0.6 is 11.8 Å². The Morgan fingerprint density at radius 2 is 1.42 bits per heavy atom. The lowest BCUT2D eigenvalue weighted by atomic mass is 9.56. The molecule has 65 valence electrons. The molecule has 4 fully saturated rings. The third kappa shape index (κ3) is 0.951. The zero-order chi connectivity index (χ0) is 8.13. The van der Waals surface area contributed by atoms with Crippen molar-refractivity contribution in [1.82, 2.24) is 0 Å². The van der Waals surface area contributed by atoms with Crippen molar-refractivity contribution < 1.29 is 0 Å². The Morgan fingerprint density at radius 3 is 1.83 bits per heavy atom. The topological polar surface area (TPSA) is 0 Å². The molecular formula is C11H15S. The molecule has 0 unspecified atom stereocenters. The second-order valence-electron chi connectivity index (χ2n) is 4.82. The van der Waals surface area contributed by atoms with Gasteiger partial charge >= 0.3 is 0 Å². The fourth-order valence-corrected chi connectivity index (χ4v) is 4.61. The van der Waals surface area contributed by atoms with Gasteiger partial charge in [-0.25, -0.2) is 0 Å². The maximum atomic E-state index is 5.73. The highest BCUT2D eigenvalue weighted by Gasteiger charge is 2.54. The molecule has 1 radical (unpaired) electrons. The molecule has 0 aliphatic heterocycles. The molecule has 12 heavy (non-hydrogen) atoms. The molecule has 4 rings (SSSR count). The summed E-state index contributed by atoms with van der Waals surface area (Å²) in [6, 6.07) is 0. The molecule has 4 saturated carbocycles. The largest absolute Gasteiger partial charge is 0.377 e. The van der Waals surface area contributed by atoms with Crippen molar-refractivity contribution in [3.05, 3.63) is 11.5 Å². The number of hydrogen-bond acceptors (Lipinski definition) is 1. The van der Waals surface area contributed by atoms with Crippen LogP contribution < -0.4 is 0 Å². The third-order valence-electron chi connectivity index (χ3n) is 4.08. The zero-order valence-electron chi connectivity index (χ0n) is 7.33. The number of rotatable bonds is 1. The van der Waals surface area contributed by atoms with Crippen molar-refractivity contribution in [3.63, 3.8) is 0 Å². The standard InChI is InChI=1S/C11H15S/c1-12-11-9-3-7-2-8(5-9)6-10(11)4-7/h1,7-10H,2-6H2. The lowest BCUT2D eigenvalue weighted by Gasteiger charge is -2.47. The normalized spacial score (nSPS) is 50.2. The van der Waals surface area contributed by atoms with Gasteiger partial charge in [0, 0.05) is 0 Å². The highest BCUT2D eigenvalue weighted by atomic mass is 32.2. The summed E-state index contributed by atoms with van der Waals surface area (Å²) in [4.78, 5) is 0. The van der Waals surface area contributed by atoms with Crippen molar-refractivity contribution in [2.24, 2.45) is 23.7 Å². The molecule has 0 aromatic rings. The molecule has 0 saturated heterocycles. The van der Waals surface area contributed by atoms with E-state index in [-0.39, 0.29) is 0 Å². The summed E-state index contributed by atoms with van der Waals surface area (Å²) >= 11 is 1.58. The van der Waals surface area contributed by atoms with Gasteiger partial charge in [-0.2, -0.15) is 0 Å². The molecule has 4 aliphatic rings. The summed E-state index contributed by atoms with van der Waals surface area (Å²) in [5.41, 5.74) is 0. The van der Waals surface area contributed by atoms with Crippen LogP contribution in [0.1, 0.15) is 32.1 Å². The molecule has 1 heteroatoms. The molecule has 0 aromatic carbocycles. The smallest absolute Gasteiger partial charge is 0.127 e. The van der Waals surface area contributed by atoms with Crippen molar-refractivity contribution in [1.29, 1.82) is 0 Å². The third-order valence-corrected chi connectivity index (χ3v) is 5.02. The average molecular weight is 179 g/mol. The summed E-state index contributed by atoms with van der Waals surface area (Å²) in [7, 11) is 0. The molecule has 0 atom stereocenters. The monoisotopic (exact) mass is 179 g/mol. The first-order chi connectivity index (χ1) is 5.86. The van der Waals surface area contributed by atoms with Crippen molar-refractivity contribution in [2.45, 2.75) is 32.1 Å². The van der Waals surface area contributed by atoms with E-state index in [9.17, 15) is 0 Å². The van der Waals surface area contributed by atoms with Crippen LogP contribution in [0.25, 0.3) is 0 Å². The summed E-state index contributed by atoms with van der Waals surface area (Å²) in [6.45, 7) is 0. The summed E-state index contributed by atoms with van der Waals surface area (Å²) in [6.07, 6.45) is 13.1. The number of hydrogen-bond donors (Lipinski definition) is 0. The molecule has 0 N–H and O–H groups in total. The second kappa shape index (κ2) is 2.60. The molecular weight excluding hydrogens is 164 g/mol. The highest BCUT2D eigenvalue weighted by molar-refractivity contribution is 8.03. The van der Waals surface area contributed by atoms with Gasteiger partial charge in [-0.1, -0.05) is 0 Å². The fourth-order valence-electron chi connectivity index (χ4n) is 3.84. The fraction of sp³-hybridized carbons (Fsp3) is 0.818. The van der Waals surface area contributed by atoms with Crippen LogP contribution in [0.15, 0.2) is 0 Å². The summed E-state index contributed by atoms with van der Waals surface area (Å²) < 4.78 is 0. The summed E-state index contributed by atoms with van der Waals surface area (Å²) in [5, 5.41) is 1.65. The van der Waals surface area contributed by atoms with Crippen LogP contribution in [0.2, 0.25) is 0 Å². The van der Waals surface area contributed by atoms with E-state index >= 15 is 0 Å². The first-order valence-corrected chi connectivity index (χ1v) is 5.98. The van der Waals surface area contributed by atoms with Gasteiger partial charge in [0.1, 0.15) is 17.1 Å². The lowest BCUT2D eigenvalue weighted by molar-refractivity contribution is 0.0584. The maximum Gasteiger partial charge on any atom is 0.127 e. The molecule has 0 aromatic heterocycles. The molecule has 4 aliphatic carbocycles. The Balaban J connectivity index is 1.86. The van der Waals surface area contributed by atoms with E-state index < -0.39 is 0 Å². The SMILES string of the molecule is [CH-]S[C+]1C2CC3CC(C2)CC1C3. The van der Waals surface area contributed by atoms with Gasteiger partial charge < -0.3 is 6.26 Å². The van der Waals surface area contributed by atoms with Crippen LogP contribution in [0, 0.1) is 35.2 Å². The van der Waals surface area contributed by atoms with E-state index in [1.54, 1.807) is 17.0 Å². The molecule has 0 amide bonds. The van der Waals surface area contributed by atoms with Crippen molar-refractivity contribution in [2.75, 3.05) is 0 Å². The van der Waals surface area contributed by atoms with Crippen molar-refractivity contribution >= 4 is 11.8 Å². The quantitative estimate of drug-likeness (QED) is 0.556. The Bertz CT molecular complexity index is 159. The lowest BCUT2D eigenvalue weighted by Crippen LogP contribution is -2.42. The van der Waals surface area contributed by atoms with E-state index in [2.05, 4.69) is 0 Å². The Hall–Kier alpha value is 0.220. The van der Waals surface area contributed by atoms with E-state index in [1.165, 1.54) is 32.1 Å². The first kappa shape index (κ1) is 7.61. The Labute approximate surface area is 79.5 Å². The Morgan fingerprint density at radius 1 is 0.917 bits per heavy atom. The first-order valence-electron chi connectivity index (χ1n) is 5.10. The zero-order valence-corrected chi connectivity index (χ0v) is 8.15. The van der Waals surface area contributed by atoms with E-state index in [4.69, 9.17) is 6.26 Å². The van der Waals surface area contributed by atoms with Gasteiger partial charge in [0.25, 0.3) is 0 Å². The van der Waals surface area contributed by atoms with Gasteiger partial charge in [0.15, 0.2) is 0 Å². The van der Waals surface area contributed by atoms with E-state index in [1.807, 2.05) is 0 Å². The van der Waals surface area contributed by atoms with Crippen LogP contribution in [0.4, 0.5) is 0 Å². The molecule has 0 nitrogen and oxygen atoms in total. The maximum absolute atomic E-state index is 5.73. The summed E-state index contributed by atoms with van der Waals surface area (Å²) in [5.74, 6) is 3.97. The predicted molar refractivity (Wildman–Crippen MR) is 52.2 cm³/mol. The van der Waals surface area contributed by atoms with Gasteiger partial charge in [-0.3, -0.25) is 0 Å². The second-order valence-corrected chi connectivity index (χ2v) is 5.53. The van der Waals surface area contributed by atoms with Crippen LogP contribution in [-0.4, -0.2) is 0 Å². The van der Waals surface area contributed by atoms with Gasteiger partial charge in [0.2, 0.25) is 0 Å². The van der Waals surface area contributed by atoms with E-state index in [0.717, 1.165) is 23.7 Å². The Kier molecular flexibility index (Phi) is 1.65. The van der Waals surface area contributed by atoms with Crippen molar-refractivity contribution in [3.8, 4) is 0 Å². The highest BCUT2D eigenvalue weighted by Crippen LogP contribution is 2.60. The molecule has 0 heterocycles. The molecule has 4 bridgehead atoms. The van der Waals surface area contributed by atoms with Gasteiger partial charge in [-0.05, 0) is 43.9 Å². The van der Waals surface area contributed by atoms with Crippen LogP contribution in [-0.2, 0) is 0 Å². The molecule has 0 spiro atoms. The average Bonchev–Trinajstić information content (AvgIpc) is 2.02. The van der Waals surface area contributed by atoms with Crippen LogP contribution in [0.3, 0.4) is 0 Å². The van der Waals surface area contributed by atoms with Gasteiger partial charge in [-0.15, -0.1) is 11.8 Å². The minimum absolute atomic E-state index is 0.913. The number of thioether (sulfide) groups is 1. The minimum atomic E-state index is 0.913. The van der Waals surface area contributed by atoms with Crippen LogP contribution in [0.5, 0.6) is 0 Å². The predicted octanol–water partition coefficient (Wildman–Crippen LogP) is 3.38.